The molecule has 1 aromatic rings. The molecule has 1 aliphatic rings. The van der Waals surface area contributed by atoms with Crippen molar-refractivity contribution in [2.24, 2.45) is 5.92 Å². The first-order chi connectivity index (χ1) is 10.0. The minimum Gasteiger partial charge on any atom is -0.481 e. The third kappa shape index (κ3) is 4.02. The van der Waals surface area contributed by atoms with Crippen LogP contribution in [-0.4, -0.2) is 26.4 Å². The molecule has 21 heavy (non-hydrogen) atoms. The van der Waals surface area contributed by atoms with Gasteiger partial charge in [0.1, 0.15) is 0 Å². The maximum absolute atomic E-state index is 10.8. The zero-order valence-electron chi connectivity index (χ0n) is 13.2. The molecule has 5 heteroatoms. The van der Waals surface area contributed by atoms with Gasteiger partial charge in [-0.05, 0) is 37.5 Å². The molecule has 1 saturated carbocycles. The van der Waals surface area contributed by atoms with E-state index in [-0.39, 0.29) is 5.75 Å². The molecule has 0 amide bonds. The molecule has 0 unspecified atom stereocenters. The monoisotopic (exact) mass is 310 g/mol. The van der Waals surface area contributed by atoms with Crippen LogP contribution < -0.4 is 0 Å². The van der Waals surface area contributed by atoms with Crippen molar-refractivity contribution in [3.05, 3.63) is 11.9 Å². The van der Waals surface area contributed by atoms with Gasteiger partial charge in [-0.1, -0.05) is 39.0 Å². The number of hydrogen-bond acceptors (Lipinski definition) is 3. The first-order valence-electron chi connectivity index (χ1n) is 7.94. The van der Waals surface area contributed by atoms with Gasteiger partial charge in [-0.2, -0.15) is 0 Å². The second-order valence-electron chi connectivity index (χ2n) is 6.26. The third-order valence-electron chi connectivity index (χ3n) is 4.47. The Balaban J connectivity index is 2.18. The minimum atomic E-state index is -0.782. The number of aliphatic carboxylic acids is 1. The molecule has 1 fully saturated rings. The van der Waals surface area contributed by atoms with Crippen LogP contribution in [0.5, 0.6) is 0 Å². The molecule has 4 nitrogen and oxygen atoms in total. The number of hydrogen-bond donors (Lipinski definition) is 1. The summed E-state index contributed by atoms with van der Waals surface area (Å²) in [6.07, 6.45) is 8.14. The van der Waals surface area contributed by atoms with E-state index in [4.69, 9.17) is 5.11 Å². The van der Waals surface area contributed by atoms with Gasteiger partial charge in [-0.25, -0.2) is 4.98 Å². The van der Waals surface area contributed by atoms with E-state index < -0.39 is 5.97 Å². The van der Waals surface area contributed by atoms with E-state index in [1.807, 2.05) is 6.20 Å². The van der Waals surface area contributed by atoms with Crippen LogP contribution in [0.1, 0.15) is 70.5 Å². The number of nitrogens with zero attached hydrogens (tertiary/aromatic N) is 2. The summed E-state index contributed by atoms with van der Waals surface area (Å²) in [5, 5.41) is 9.78. The molecule has 0 aliphatic heterocycles. The fourth-order valence-electron chi connectivity index (χ4n) is 3.19. The zero-order valence-corrected chi connectivity index (χ0v) is 14.0. The third-order valence-corrected chi connectivity index (χ3v) is 5.42. The first kappa shape index (κ1) is 16.4. The lowest BCUT2D eigenvalue weighted by Crippen LogP contribution is -2.20. The van der Waals surface area contributed by atoms with E-state index in [2.05, 4.69) is 30.3 Å². The number of carbonyl (C=O) groups is 1. The van der Waals surface area contributed by atoms with Crippen molar-refractivity contribution in [2.45, 2.75) is 70.0 Å². The average molecular weight is 310 g/mol. The van der Waals surface area contributed by atoms with E-state index >= 15 is 0 Å². The number of aromatic nitrogens is 2. The van der Waals surface area contributed by atoms with Gasteiger partial charge in [0.15, 0.2) is 5.16 Å². The molecule has 118 valence electrons. The zero-order chi connectivity index (χ0) is 15.4. The normalized spacial score (nSPS) is 22.7. The van der Waals surface area contributed by atoms with Crippen LogP contribution >= 0.6 is 11.8 Å². The molecule has 0 radical (unpaired) electrons. The van der Waals surface area contributed by atoms with Gasteiger partial charge in [-0.15, -0.1) is 0 Å². The van der Waals surface area contributed by atoms with Crippen LogP contribution in [0, 0.1) is 5.92 Å². The molecule has 1 aromatic heterocycles. The SMILES string of the molecule is CCC1CCC(n2c(C(C)C)cnc2SCC(=O)O)CC1. The predicted octanol–water partition coefficient (Wildman–Crippen LogP) is 4.32. The smallest absolute Gasteiger partial charge is 0.313 e. The van der Waals surface area contributed by atoms with Gasteiger partial charge in [0, 0.05) is 17.9 Å². The highest BCUT2D eigenvalue weighted by Gasteiger charge is 2.26. The maximum atomic E-state index is 10.8. The minimum absolute atomic E-state index is 0.0822. The molecule has 1 N–H and O–H groups in total. The first-order valence-corrected chi connectivity index (χ1v) is 8.93. The lowest BCUT2D eigenvalue weighted by molar-refractivity contribution is -0.133. The van der Waals surface area contributed by atoms with Gasteiger partial charge in [-0.3, -0.25) is 4.79 Å². The van der Waals surface area contributed by atoms with Crippen molar-refractivity contribution in [2.75, 3.05) is 5.75 Å². The average Bonchev–Trinajstić information content (AvgIpc) is 2.89. The van der Waals surface area contributed by atoms with Crippen molar-refractivity contribution in [1.29, 1.82) is 0 Å². The van der Waals surface area contributed by atoms with E-state index in [9.17, 15) is 4.79 Å². The number of carboxylic acids is 1. The molecule has 0 atom stereocenters. The number of rotatable bonds is 6. The summed E-state index contributed by atoms with van der Waals surface area (Å²) in [6.45, 7) is 6.63. The second-order valence-corrected chi connectivity index (χ2v) is 7.20. The summed E-state index contributed by atoms with van der Waals surface area (Å²) < 4.78 is 2.32. The molecule has 2 rings (SSSR count). The topological polar surface area (TPSA) is 55.1 Å². The van der Waals surface area contributed by atoms with Crippen molar-refractivity contribution in [3.63, 3.8) is 0 Å². The fourth-order valence-corrected chi connectivity index (χ4v) is 3.97. The van der Waals surface area contributed by atoms with Crippen molar-refractivity contribution in [1.82, 2.24) is 9.55 Å². The van der Waals surface area contributed by atoms with Gasteiger partial charge < -0.3 is 9.67 Å². The predicted molar refractivity (Wildman–Crippen MR) is 86.0 cm³/mol. The van der Waals surface area contributed by atoms with Gasteiger partial charge in [0.05, 0.1) is 5.75 Å². The summed E-state index contributed by atoms with van der Waals surface area (Å²) in [7, 11) is 0. The standard InChI is InChI=1S/C16H26N2O2S/c1-4-12-5-7-13(8-6-12)18-14(11(2)3)9-17-16(18)21-10-15(19)20/h9,11-13H,4-8,10H2,1-3H3,(H,19,20). The summed E-state index contributed by atoms with van der Waals surface area (Å²) in [5.74, 6) is 0.581. The Morgan fingerprint density at radius 1 is 1.43 bits per heavy atom. The van der Waals surface area contributed by atoms with Gasteiger partial charge >= 0.3 is 5.97 Å². The Kier molecular flexibility index (Phi) is 5.73. The van der Waals surface area contributed by atoms with Crippen LogP contribution in [-0.2, 0) is 4.79 Å². The molecule has 0 bridgehead atoms. The van der Waals surface area contributed by atoms with Crippen LogP contribution in [0.15, 0.2) is 11.4 Å². The van der Waals surface area contributed by atoms with Crippen LogP contribution in [0.3, 0.4) is 0 Å². The van der Waals surface area contributed by atoms with Crippen LogP contribution in [0.2, 0.25) is 0 Å². The Morgan fingerprint density at radius 2 is 2.10 bits per heavy atom. The summed E-state index contributed by atoms with van der Waals surface area (Å²) in [4.78, 5) is 15.3. The maximum Gasteiger partial charge on any atom is 0.313 e. The molecule has 1 aliphatic carbocycles. The van der Waals surface area contributed by atoms with Crippen molar-refractivity contribution in [3.8, 4) is 0 Å². The Labute approximate surface area is 131 Å². The van der Waals surface area contributed by atoms with E-state index in [0.717, 1.165) is 11.1 Å². The fraction of sp³-hybridized carbons (Fsp3) is 0.750. The highest BCUT2D eigenvalue weighted by atomic mass is 32.2. The Bertz CT molecular complexity index is 477. The van der Waals surface area contributed by atoms with E-state index in [1.54, 1.807) is 0 Å². The molecular weight excluding hydrogens is 284 g/mol. The van der Waals surface area contributed by atoms with Crippen molar-refractivity contribution < 1.29 is 9.90 Å². The van der Waals surface area contributed by atoms with Crippen LogP contribution in [0.25, 0.3) is 0 Å². The van der Waals surface area contributed by atoms with Crippen LogP contribution in [0.4, 0.5) is 0 Å². The molecule has 0 aromatic carbocycles. The van der Waals surface area contributed by atoms with Crippen molar-refractivity contribution >= 4 is 17.7 Å². The molecule has 0 saturated heterocycles. The summed E-state index contributed by atoms with van der Waals surface area (Å²) in [6, 6.07) is 0.490. The molecule has 1 heterocycles. The summed E-state index contributed by atoms with van der Waals surface area (Å²) >= 11 is 1.35. The van der Waals surface area contributed by atoms with E-state index in [0.29, 0.717) is 12.0 Å². The number of carboxylic acid groups (broad SMARTS) is 1. The Hall–Kier alpha value is -0.970. The van der Waals surface area contributed by atoms with E-state index in [1.165, 1.54) is 49.6 Å². The highest BCUT2D eigenvalue weighted by Crippen LogP contribution is 2.38. The number of thioether (sulfide) groups is 1. The largest absolute Gasteiger partial charge is 0.481 e. The summed E-state index contributed by atoms with van der Waals surface area (Å²) in [5.41, 5.74) is 1.24. The number of imidazole rings is 1. The second kappa shape index (κ2) is 7.34. The van der Waals surface area contributed by atoms with Gasteiger partial charge in [0.2, 0.25) is 0 Å². The Morgan fingerprint density at radius 3 is 2.62 bits per heavy atom. The highest BCUT2D eigenvalue weighted by molar-refractivity contribution is 7.99. The van der Waals surface area contributed by atoms with Gasteiger partial charge in [0.25, 0.3) is 0 Å². The molecular formula is C16H26N2O2S. The molecule has 0 spiro atoms. The quantitative estimate of drug-likeness (QED) is 0.795. The lowest BCUT2D eigenvalue weighted by Gasteiger charge is -2.31. The lowest BCUT2D eigenvalue weighted by atomic mass is 9.84.